The Balaban J connectivity index is 1.64. The summed E-state index contributed by atoms with van der Waals surface area (Å²) in [6, 6.07) is 14.9. The fourth-order valence-corrected chi connectivity index (χ4v) is 5.81. The minimum Gasteiger partial charge on any atom is -0.469 e. The van der Waals surface area contributed by atoms with E-state index in [4.69, 9.17) is 15.0 Å². The van der Waals surface area contributed by atoms with E-state index in [1.54, 1.807) is 17.5 Å². The summed E-state index contributed by atoms with van der Waals surface area (Å²) in [5.74, 6) is -5.41. The first-order valence-corrected chi connectivity index (χ1v) is 13.8. The molecule has 37 heavy (non-hydrogen) atoms. The van der Waals surface area contributed by atoms with Crippen molar-refractivity contribution in [3.8, 4) is 0 Å². The normalized spacial score (nSPS) is 19.0. The summed E-state index contributed by atoms with van der Waals surface area (Å²) < 4.78 is 65.6. The largest absolute Gasteiger partial charge is 0.469 e. The second-order valence-electron chi connectivity index (χ2n) is 9.11. The van der Waals surface area contributed by atoms with Gasteiger partial charge in [0.25, 0.3) is 5.92 Å². The van der Waals surface area contributed by atoms with Gasteiger partial charge in [0, 0.05) is 23.8 Å². The number of hydrogen-bond donors (Lipinski definition) is 3. The molecular weight excluding hydrogens is 524 g/mol. The Bertz CT molecular complexity index is 1330. The molecular formula is C25H27F2N3O5S2. The Morgan fingerprint density at radius 3 is 2.38 bits per heavy atom. The van der Waals surface area contributed by atoms with Gasteiger partial charge in [-0.25, -0.2) is 13.8 Å². The summed E-state index contributed by atoms with van der Waals surface area (Å²) >= 11 is 1.23. The molecule has 0 aliphatic heterocycles. The van der Waals surface area contributed by atoms with Crippen molar-refractivity contribution >= 4 is 33.3 Å². The third kappa shape index (κ3) is 6.89. The topological polar surface area (TPSA) is 132 Å². The molecule has 0 amide bonds. The van der Waals surface area contributed by atoms with E-state index in [1.807, 2.05) is 35.1 Å². The Labute approximate surface area is 217 Å². The monoisotopic (exact) mass is 551 g/mol. The van der Waals surface area contributed by atoms with Gasteiger partial charge in [-0.3, -0.25) is 14.1 Å². The van der Waals surface area contributed by atoms with E-state index in [-0.39, 0.29) is 12.1 Å². The maximum Gasteiger partial charge on any atom is 0.357 e. The van der Waals surface area contributed by atoms with Gasteiger partial charge in [0.2, 0.25) is 0 Å². The van der Waals surface area contributed by atoms with Gasteiger partial charge in [-0.2, -0.15) is 8.42 Å². The van der Waals surface area contributed by atoms with Crippen LogP contribution in [-0.2, 0) is 32.7 Å². The van der Waals surface area contributed by atoms with Crippen LogP contribution < -0.4 is 10.5 Å². The molecule has 12 heteroatoms. The number of esters is 1. The molecule has 0 saturated heterocycles. The predicted octanol–water partition coefficient (Wildman–Crippen LogP) is 4.17. The summed E-state index contributed by atoms with van der Waals surface area (Å²) in [6.45, 7) is 0. The SMILES string of the molecule is COC(=O)C(Cc1ccccc1)C(N)C(Cc1ccc(NS(=O)(=O)O)cc1)c1nc(C2CC2(F)F)cs1. The maximum atomic E-state index is 13.7. The Morgan fingerprint density at radius 1 is 1.19 bits per heavy atom. The van der Waals surface area contributed by atoms with Crippen LogP contribution in [0, 0.1) is 5.92 Å². The van der Waals surface area contributed by atoms with Crippen LogP contribution >= 0.6 is 11.3 Å². The van der Waals surface area contributed by atoms with Crippen LogP contribution in [-0.4, -0.2) is 43.0 Å². The number of aromatic nitrogens is 1. The summed E-state index contributed by atoms with van der Waals surface area (Å²) in [6.07, 6.45) is 0.388. The van der Waals surface area contributed by atoms with Crippen molar-refractivity contribution < 1.29 is 31.3 Å². The third-order valence-corrected chi connectivity index (χ3v) is 7.92. The summed E-state index contributed by atoms with van der Waals surface area (Å²) in [4.78, 5) is 17.3. The summed E-state index contributed by atoms with van der Waals surface area (Å²) in [7, 11) is -3.13. The molecule has 1 aliphatic rings. The van der Waals surface area contributed by atoms with Crippen molar-refractivity contribution in [2.75, 3.05) is 11.8 Å². The first kappa shape index (κ1) is 27.1. The number of thiazole rings is 1. The second kappa shape index (κ2) is 10.8. The lowest BCUT2D eigenvalue weighted by Crippen LogP contribution is -2.43. The minimum absolute atomic E-state index is 0.163. The van der Waals surface area contributed by atoms with Crippen molar-refractivity contribution in [3.05, 3.63) is 81.8 Å². The number of carbonyl (C=O) groups excluding carboxylic acids is 1. The standard InChI is InChI=1S/C25H27F2N3O5S2/c1-35-24(31)19(12-15-5-3-2-4-6-15)22(28)18(23-29-21(14-36-23)20-13-25(20,26)27)11-16-7-9-17(10-8-16)30-37(32,33)34/h2-10,14,18-20,22,30H,11-13,28H2,1H3,(H,32,33,34). The number of hydrogen-bond acceptors (Lipinski definition) is 7. The molecule has 1 aliphatic carbocycles. The fraction of sp³-hybridized carbons (Fsp3) is 0.360. The second-order valence-corrected chi connectivity index (χ2v) is 11.2. The van der Waals surface area contributed by atoms with E-state index in [2.05, 4.69) is 4.98 Å². The first-order chi connectivity index (χ1) is 17.5. The first-order valence-electron chi connectivity index (χ1n) is 11.5. The number of ether oxygens (including phenoxy) is 1. The molecule has 4 atom stereocenters. The number of methoxy groups -OCH3 is 1. The molecule has 4 rings (SSSR count). The van der Waals surface area contributed by atoms with Crippen molar-refractivity contribution in [3.63, 3.8) is 0 Å². The highest BCUT2D eigenvalue weighted by Crippen LogP contribution is 2.55. The molecule has 0 bridgehead atoms. The van der Waals surface area contributed by atoms with Crippen molar-refractivity contribution in [2.24, 2.45) is 11.7 Å². The van der Waals surface area contributed by atoms with Gasteiger partial charge in [0.1, 0.15) is 0 Å². The highest BCUT2D eigenvalue weighted by Gasteiger charge is 2.59. The Morgan fingerprint density at radius 2 is 1.81 bits per heavy atom. The Hall–Kier alpha value is -2.93. The number of nitrogens with zero attached hydrogens (tertiary/aromatic N) is 1. The number of halogens is 2. The molecule has 0 spiro atoms. The molecule has 1 aromatic heterocycles. The number of alkyl halides is 2. The summed E-state index contributed by atoms with van der Waals surface area (Å²) in [5.41, 5.74) is 8.84. The van der Waals surface area contributed by atoms with E-state index in [1.165, 1.54) is 30.6 Å². The van der Waals surface area contributed by atoms with Crippen LogP contribution in [0.3, 0.4) is 0 Å². The zero-order valence-electron chi connectivity index (χ0n) is 19.9. The van der Waals surface area contributed by atoms with Gasteiger partial charge in [0.05, 0.1) is 35.3 Å². The van der Waals surface area contributed by atoms with Crippen molar-refractivity contribution in [1.29, 1.82) is 0 Å². The van der Waals surface area contributed by atoms with Crippen LogP contribution in [0.5, 0.6) is 0 Å². The van der Waals surface area contributed by atoms with E-state index in [0.717, 1.165) is 11.1 Å². The molecule has 3 aromatic rings. The Kier molecular flexibility index (Phi) is 7.93. The molecule has 198 valence electrons. The highest BCUT2D eigenvalue weighted by molar-refractivity contribution is 7.87. The smallest absolute Gasteiger partial charge is 0.357 e. The molecule has 4 N–H and O–H groups in total. The van der Waals surface area contributed by atoms with Gasteiger partial charge in [-0.15, -0.1) is 11.3 Å². The number of rotatable bonds is 11. The zero-order chi connectivity index (χ0) is 26.8. The summed E-state index contributed by atoms with van der Waals surface area (Å²) in [5, 5.41) is 2.15. The van der Waals surface area contributed by atoms with Crippen LogP contribution in [0.2, 0.25) is 0 Å². The molecule has 1 saturated carbocycles. The van der Waals surface area contributed by atoms with Crippen LogP contribution in [0.25, 0.3) is 0 Å². The average molecular weight is 552 g/mol. The molecule has 1 fully saturated rings. The van der Waals surface area contributed by atoms with Crippen LogP contribution in [0.4, 0.5) is 14.5 Å². The van der Waals surface area contributed by atoms with E-state index < -0.39 is 46.0 Å². The fourth-order valence-electron chi connectivity index (χ4n) is 4.34. The number of carbonyl (C=O) groups is 1. The van der Waals surface area contributed by atoms with Gasteiger partial charge < -0.3 is 10.5 Å². The average Bonchev–Trinajstić information content (AvgIpc) is 3.25. The van der Waals surface area contributed by atoms with Gasteiger partial charge in [-0.1, -0.05) is 42.5 Å². The van der Waals surface area contributed by atoms with Gasteiger partial charge in [-0.05, 0) is 36.1 Å². The number of nitrogens with one attached hydrogen (secondary N) is 1. The van der Waals surface area contributed by atoms with E-state index >= 15 is 0 Å². The lowest BCUT2D eigenvalue weighted by Gasteiger charge is -2.28. The molecule has 8 nitrogen and oxygen atoms in total. The molecule has 4 unspecified atom stereocenters. The molecule has 2 aromatic carbocycles. The lowest BCUT2D eigenvalue weighted by molar-refractivity contribution is -0.146. The zero-order valence-corrected chi connectivity index (χ0v) is 21.5. The third-order valence-electron chi connectivity index (χ3n) is 6.43. The maximum absolute atomic E-state index is 13.7. The van der Waals surface area contributed by atoms with E-state index in [0.29, 0.717) is 23.5 Å². The van der Waals surface area contributed by atoms with Gasteiger partial charge in [0.15, 0.2) is 0 Å². The number of anilines is 1. The molecule has 0 radical (unpaired) electrons. The highest BCUT2D eigenvalue weighted by atomic mass is 32.2. The van der Waals surface area contributed by atoms with Crippen LogP contribution in [0.1, 0.15) is 40.1 Å². The number of nitrogens with two attached hydrogens (primary N) is 1. The molecule has 1 heterocycles. The van der Waals surface area contributed by atoms with Crippen molar-refractivity contribution in [2.45, 2.75) is 43.1 Å². The predicted molar refractivity (Wildman–Crippen MR) is 136 cm³/mol. The minimum atomic E-state index is -4.42. The van der Waals surface area contributed by atoms with Crippen LogP contribution in [0.15, 0.2) is 60.0 Å². The number of benzene rings is 2. The quantitative estimate of drug-likeness (QED) is 0.241. The van der Waals surface area contributed by atoms with Gasteiger partial charge >= 0.3 is 16.3 Å². The van der Waals surface area contributed by atoms with Crippen molar-refractivity contribution in [1.82, 2.24) is 4.98 Å². The van der Waals surface area contributed by atoms with E-state index in [9.17, 15) is 22.0 Å². The lowest BCUT2D eigenvalue weighted by atomic mass is 9.82.